The molecule has 4 N–H and O–H groups in total. The van der Waals surface area contributed by atoms with Crippen LogP contribution in [0.4, 0.5) is 13.2 Å². The standard InChI is InChI=1S/C10H8F3N5OS/c11-10(12,13)7-3-5(20-9-15-4-16-17-9)1-2-6(7)8(14)18-19/h1-4,19H,(H2,14,18)(H,15,16,17). The molecule has 6 nitrogen and oxygen atoms in total. The van der Waals surface area contributed by atoms with Gasteiger partial charge in [-0.3, -0.25) is 5.10 Å². The minimum atomic E-state index is -4.62. The van der Waals surface area contributed by atoms with Gasteiger partial charge in [0.2, 0.25) is 0 Å². The van der Waals surface area contributed by atoms with Crippen molar-refractivity contribution in [2.24, 2.45) is 10.9 Å². The maximum atomic E-state index is 13.0. The first kappa shape index (κ1) is 14.2. The number of H-pyrrole nitrogens is 1. The summed E-state index contributed by atoms with van der Waals surface area (Å²) >= 11 is 0.980. The minimum Gasteiger partial charge on any atom is -0.409 e. The van der Waals surface area contributed by atoms with Gasteiger partial charge in [0.25, 0.3) is 0 Å². The molecule has 0 aliphatic rings. The van der Waals surface area contributed by atoms with E-state index in [1.165, 1.54) is 12.4 Å². The van der Waals surface area contributed by atoms with E-state index in [2.05, 4.69) is 20.3 Å². The lowest BCUT2D eigenvalue weighted by molar-refractivity contribution is -0.137. The summed E-state index contributed by atoms with van der Waals surface area (Å²) in [4.78, 5) is 4.10. The topological polar surface area (TPSA) is 100 Å². The van der Waals surface area contributed by atoms with Gasteiger partial charge in [0.1, 0.15) is 6.33 Å². The highest BCUT2D eigenvalue weighted by atomic mass is 32.2. The Hall–Kier alpha value is -2.23. The Morgan fingerprint density at radius 1 is 1.40 bits per heavy atom. The zero-order valence-electron chi connectivity index (χ0n) is 9.72. The van der Waals surface area contributed by atoms with Crippen LogP contribution >= 0.6 is 11.8 Å². The number of halogens is 3. The van der Waals surface area contributed by atoms with Crippen LogP contribution in [-0.2, 0) is 6.18 Å². The van der Waals surface area contributed by atoms with Crippen molar-refractivity contribution >= 4 is 17.6 Å². The van der Waals surface area contributed by atoms with E-state index >= 15 is 0 Å². The first-order valence-electron chi connectivity index (χ1n) is 5.14. The maximum Gasteiger partial charge on any atom is 0.417 e. The number of rotatable bonds is 3. The Morgan fingerprint density at radius 2 is 2.15 bits per heavy atom. The molecule has 0 saturated carbocycles. The lowest BCUT2D eigenvalue weighted by Crippen LogP contribution is -2.20. The van der Waals surface area contributed by atoms with Crippen molar-refractivity contribution in [1.82, 2.24) is 15.2 Å². The summed E-state index contributed by atoms with van der Waals surface area (Å²) in [6.45, 7) is 0. The Bertz CT molecular complexity index is 626. The van der Waals surface area contributed by atoms with Gasteiger partial charge in [-0.15, -0.1) is 0 Å². The second kappa shape index (κ2) is 5.41. The number of hydrogen-bond donors (Lipinski definition) is 3. The molecular formula is C10H8F3N5OS. The molecule has 0 spiro atoms. The van der Waals surface area contributed by atoms with Crippen molar-refractivity contribution < 1.29 is 18.4 Å². The molecule has 1 aromatic carbocycles. The van der Waals surface area contributed by atoms with Crippen molar-refractivity contribution in [3.8, 4) is 0 Å². The number of benzene rings is 1. The number of hydrogen-bond acceptors (Lipinski definition) is 5. The molecule has 0 bridgehead atoms. The molecule has 2 aromatic rings. The van der Waals surface area contributed by atoms with E-state index in [4.69, 9.17) is 10.9 Å². The predicted molar refractivity (Wildman–Crippen MR) is 64.5 cm³/mol. The number of amidine groups is 1. The monoisotopic (exact) mass is 303 g/mol. The number of nitrogens with two attached hydrogens (primary N) is 1. The molecule has 10 heteroatoms. The summed E-state index contributed by atoms with van der Waals surface area (Å²) in [5.74, 6) is -0.603. The lowest BCUT2D eigenvalue weighted by Gasteiger charge is -2.13. The SMILES string of the molecule is N/C(=N\O)c1ccc(Sc2ncn[nH]2)cc1C(F)(F)F. The van der Waals surface area contributed by atoms with E-state index in [0.29, 0.717) is 10.1 Å². The maximum absolute atomic E-state index is 13.0. The van der Waals surface area contributed by atoms with Gasteiger partial charge in [0, 0.05) is 10.5 Å². The predicted octanol–water partition coefficient (Wildman–Crippen LogP) is 2.07. The molecule has 20 heavy (non-hydrogen) atoms. The highest BCUT2D eigenvalue weighted by Crippen LogP contribution is 2.35. The van der Waals surface area contributed by atoms with Crippen LogP contribution in [0.25, 0.3) is 0 Å². The van der Waals surface area contributed by atoms with Crippen molar-refractivity contribution in [2.45, 2.75) is 16.2 Å². The molecule has 0 saturated heterocycles. The number of alkyl halides is 3. The first-order chi connectivity index (χ1) is 9.41. The third-order valence-corrected chi connectivity index (χ3v) is 3.17. The van der Waals surface area contributed by atoms with Crippen LogP contribution < -0.4 is 5.73 Å². The van der Waals surface area contributed by atoms with Gasteiger partial charge in [0.15, 0.2) is 11.0 Å². The van der Waals surface area contributed by atoms with Crippen molar-refractivity contribution in [3.63, 3.8) is 0 Å². The Kier molecular flexibility index (Phi) is 3.84. The molecule has 0 atom stereocenters. The molecule has 0 amide bonds. The summed E-state index contributed by atoms with van der Waals surface area (Å²) in [7, 11) is 0. The smallest absolute Gasteiger partial charge is 0.409 e. The van der Waals surface area contributed by atoms with E-state index in [1.807, 2.05) is 0 Å². The fourth-order valence-corrected chi connectivity index (χ4v) is 2.19. The zero-order chi connectivity index (χ0) is 14.8. The third kappa shape index (κ3) is 3.02. The van der Waals surface area contributed by atoms with Gasteiger partial charge in [-0.2, -0.15) is 18.3 Å². The molecule has 0 fully saturated rings. The second-order valence-electron chi connectivity index (χ2n) is 3.58. The van der Waals surface area contributed by atoms with E-state index in [0.717, 1.165) is 23.9 Å². The fraction of sp³-hybridized carbons (Fsp3) is 0.100. The van der Waals surface area contributed by atoms with E-state index in [-0.39, 0.29) is 5.56 Å². The van der Waals surface area contributed by atoms with Gasteiger partial charge >= 0.3 is 6.18 Å². The van der Waals surface area contributed by atoms with E-state index in [9.17, 15) is 13.2 Å². The average molecular weight is 303 g/mol. The van der Waals surface area contributed by atoms with Crippen LogP contribution in [0.2, 0.25) is 0 Å². The Morgan fingerprint density at radius 3 is 2.70 bits per heavy atom. The van der Waals surface area contributed by atoms with E-state index in [1.54, 1.807) is 0 Å². The average Bonchev–Trinajstić information content (AvgIpc) is 2.89. The molecule has 0 radical (unpaired) electrons. The van der Waals surface area contributed by atoms with Crippen molar-refractivity contribution in [3.05, 3.63) is 35.7 Å². The number of nitrogens with one attached hydrogen (secondary N) is 1. The van der Waals surface area contributed by atoms with Crippen LogP contribution in [0.1, 0.15) is 11.1 Å². The van der Waals surface area contributed by atoms with Gasteiger partial charge in [-0.05, 0) is 18.2 Å². The molecule has 0 aliphatic carbocycles. The van der Waals surface area contributed by atoms with Gasteiger partial charge < -0.3 is 10.9 Å². The highest BCUT2D eigenvalue weighted by Gasteiger charge is 2.34. The number of nitrogens with zero attached hydrogens (tertiary/aromatic N) is 3. The van der Waals surface area contributed by atoms with Crippen LogP contribution in [0.3, 0.4) is 0 Å². The van der Waals surface area contributed by atoms with Crippen LogP contribution in [0.5, 0.6) is 0 Å². The van der Waals surface area contributed by atoms with Crippen LogP contribution in [0.15, 0.2) is 39.7 Å². The minimum absolute atomic E-state index is 0.295. The van der Waals surface area contributed by atoms with Gasteiger partial charge in [-0.1, -0.05) is 16.9 Å². The Balaban J connectivity index is 2.43. The molecule has 0 aliphatic heterocycles. The van der Waals surface area contributed by atoms with E-state index < -0.39 is 17.6 Å². The fourth-order valence-electron chi connectivity index (χ4n) is 1.45. The van der Waals surface area contributed by atoms with Gasteiger partial charge in [-0.25, -0.2) is 4.98 Å². The second-order valence-corrected chi connectivity index (χ2v) is 4.65. The normalized spacial score (nSPS) is 12.7. The largest absolute Gasteiger partial charge is 0.417 e. The molecule has 1 aromatic heterocycles. The quantitative estimate of drug-likeness (QED) is 0.349. The number of oxime groups is 1. The molecular weight excluding hydrogens is 295 g/mol. The summed E-state index contributed by atoms with van der Waals surface area (Å²) < 4.78 is 38.9. The van der Waals surface area contributed by atoms with Crippen LogP contribution in [-0.4, -0.2) is 26.2 Å². The van der Waals surface area contributed by atoms with Crippen molar-refractivity contribution in [2.75, 3.05) is 0 Å². The first-order valence-corrected chi connectivity index (χ1v) is 5.96. The summed E-state index contributed by atoms with van der Waals surface area (Å²) in [6.07, 6.45) is -3.37. The number of aromatic nitrogens is 3. The summed E-state index contributed by atoms with van der Waals surface area (Å²) in [6, 6.07) is 3.45. The summed E-state index contributed by atoms with van der Waals surface area (Å²) in [5.41, 5.74) is 3.87. The number of aromatic amines is 1. The molecule has 0 unspecified atom stereocenters. The van der Waals surface area contributed by atoms with Crippen molar-refractivity contribution in [1.29, 1.82) is 0 Å². The molecule has 1 heterocycles. The molecule has 2 rings (SSSR count). The zero-order valence-corrected chi connectivity index (χ0v) is 10.5. The Labute approximate surface area is 114 Å². The lowest BCUT2D eigenvalue weighted by atomic mass is 10.1. The molecule has 106 valence electrons. The third-order valence-electron chi connectivity index (χ3n) is 2.29. The summed E-state index contributed by atoms with van der Waals surface area (Å²) in [5, 5.41) is 17.6. The van der Waals surface area contributed by atoms with Crippen LogP contribution in [0, 0.1) is 0 Å². The highest BCUT2D eigenvalue weighted by molar-refractivity contribution is 7.99. The van der Waals surface area contributed by atoms with Gasteiger partial charge in [0.05, 0.1) is 5.56 Å².